The summed E-state index contributed by atoms with van der Waals surface area (Å²) < 4.78 is 13.5. The van der Waals surface area contributed by atoms with Gasteiger partial charge in [-0.05, 0) is 54.9 Å². The minimum atomic E-state index is -0.742. The predicted molar refractivity (Wildman–Crippen MR) is 172 cm³/mol. The zero-order valence-corrected chi connectivity index (χ0v) is 25.1. The van der Waals surface area contributed by atoms with Gasteiger partial charge in [0.2, 0.25) is 0 Å². The van der Waals surface area contributed by atoms with Crippen molar-refractivity contribution in [2.75, 3.05) is 25.5 Å². The van der Waals surface area contributed by atoms with E-state index in [9.17, 15) is 14.7 Å². The van der Waals surface area contributed by atoms with E-state index in [4.69, 9.17) is 9.47 Å². The molecule has 0 aliphatic carbocycles. The summed E-state index contributed by atoms with van der Waals surface area (Å²) in [7, 11) is 2.04. The number of nitrogens with one attached hydrogen (secondary N) is 1. The van der Waals surface area contributed by atoms with Gasteiger partial charge in [0.15, 0.2) is 12.1 Å². The molecule has 1 aliphatic rings. The first kappa shape index (κ1) is 31.0. The van der Waals surface area contributed by atoms with E-state index in [2.05, 4.69) is 28.9 Å². The Morgan fingerprint density at radius 3 is 2.27 bits per heavy atom. The molecule has 4 aromatic rings. The molecule has 1 amide bonds. The summed E-state index contributed by atoms with van der Waals surface area (Å²) in [5.74, 6) is -0.499. The first-order valence-electron chi connectivity index (χ1n) is 14.7. The standard InChI is InChI=1S/C37H38N2O5/c1-4-20-39(3)23-33-34(27-10-6-5-7-11-27)35(28-18-16-26(24-40)17-19-28)44-37(43-33)31-14-8-13-30(21-31)36(42)38-32-15-9-12-29(22-32)25(2)41/h4-19,21-22,33-35,37,40H,1,20,23-24H2,2-3H3,(H,38,42). The number of carbonyl (C=O) groups excluding carboxylic acids is 2. The number of benzene rings is 4. The van der Waals surface area contributed by atoms with Crippen LogP contribution in [0.1, 0.15) is 68.2 Å². The van der Waals surface area contributed by atoms with Gasteiger partial charge in [-0.3, -0.25) is 9.59 Å². The van der Waals surface area contributed by atoms with Crippen LogP contribution in [0.25, 0.3) is 0 Å². The lowest BCUT2D eigenvalue weighted by molar-refractivity contribution is -0.263. The number of carbonyl (C=O) groups is 2. The molecule has 4 unspecified atom stereocenters. The van der Waals surface area contributed by atoms with Crippen molar-refractivity contribution in [2.45, 2.75) is 37.9 Å². The van der Waals surface area contributed by atoms with Crippen molar-refractivity contribution in [1.82, 2.24) is 4.90 Å². The molecule has 1 heterocycles. The van der Waals surface area contributed by atoms with E-state index < -0.39 is 6.29 Å². The van der Waals surface area contributed by atoms with Gasteiger partial charge in [-0.2, -0.15) is 0 Å². The zero-order chi connectivity index (χ0) is 31.1. The fourth-order valence-corrected chi connectivity index (χ4v) is 5.61. The summed E-state index contributed by atoms with van der Waals surface area (Å²) in [6, 6.07) is 32.2. The van der Waals surface area contributed by atoms with Crippen molar-refractivity contribution in [1.29, 1.82) is 0 Å². The van der Waals surface area contributed by atoms with Gasteiger partial charge in [0.05, 0.1) is 18.8 Å². The van der Waals surface area contributed by atoms with Crippen molar-refractivity contribution in [2.24, 2.45) is 0 Å². The zero-order valence-electron chi connectivity index (χ0n) is 25.1. The van der Waals surface area contributed by atoms with Gasteiger partial charge in [0, 0.05) is 41.4 Å². The molecule has 226 valence electrons. The minimum Gasteiger partial charge on any atom is -0.392 e. The first-order valence-corrected chi connectivity index (χ1v) is 14.7. The highest BCUT2D eigenvalue weighted by molar-refractivity contribution is 6.05. The quantitative estimate of drug-likeness (QED) is 0.150. The van der Waals surface area contributed by atoms with Crippen LogP contribution in [0.5, 0.6) is 0 Å². The Morgan fingerprint density at radius 2 is 1.57 bits per heavy atom. The van der Waals surface area contributed by atoms with Gasteiger partial charge in [-0.25, -0.2) is 0 Å². The van der Waals surface area contributed by atoms with Crippen molar-refractivity contribution in [3.63, 3.8) is 0 Å². The number of ketones is 1. The first-order chi connectivity index (χ1) is 21.4. The number of rotatable bonds is 11. The normalized spacial score (nSPS) is 19.8. The highest BCUT2D eigenvalue weighted by Crippen LogP contribution is 2.47. The van der Waals surface area contributed by atoms with Crippen LogP contribution in [-0.4, -0.2) is 47.9 Å². The Labute approximate surface area is 258 Å². The molecule has 0 aromatic heterocycles. The van der Waals surface area contributed by atoms with Crippen LogP contribution in [0.4, 0.5) is 5.69 Å². The molecular weight excluding hydrogens is 552 g/mol. The number of ether oxygens (including phenoxy) is 2. The summed E-state index contributed by atoms with van der Waals surface area (Å²) in [6.45, 7) is 6.68. The van der Waals surface area contributed by atoms with E-state index >= 15 is 0 Å². The van der Waals surface area contributed by atoms with Crippen LogP contribution in [0, 0.1) is 0 Å². The average molecular weight is 591 g/mol. The van der Waals surface area contributed by atoms with Crippen molar-refractivity contribution >= 4 is 17.4 Å². The van der Waals surface area contributed by atoms with E-state index in [-0.39, 0.29) is 36.4 Å². The third kappa shape index (κ3) is 7.38. The van der Waals surface area contributed by atoms with Gasteiger partial charge in [0.25, 0.3) is 5.91 Å². The van der Waals surface area contributed by atoms with E-state index in [0.717, 1.165) is 22.3 Å². The molecule has 0 bridgehead atoms. The van der Waals surface area contributed by atoms with Crippen molar-refractivity contribution < 1.29 is 24.2 Å². The number of anilines is 1. The van der Waals surface area contributed by atoms with Gasteiger partial charge in [-0.1, -0.05) is 84.9 Å². The van der Waals surface area contributed by atoms with Crippen molar-refractivity contribution in [3.05, 3.63) is 149 Å². The minimum absolute atomic E-state index is 0.0392. The molecule has 2 N–H and O–H groups in total. The van der Waals surface area contributed by atoms with Crippen LogP contribution in [0.15, 0.2) is 116 Å². The van der Waals surface area contributed by atoms with Crippen molar-refractivity contribution in [3.8, 4) is 0 Å². The Hall–Kier alpha value is -4.40. The lowest BCUT2D eigenvalue weighted by atomic mass is 9.83. The number of aliphatic hydroxyl groups is 1. The van der Waals surface area contributed by atoms with E-state index in [1.807, 2.05) is 67.7 Å². The second-order valence-corrected chi connectivity index (χ2v) is 11.1. The maximum atomic E-state index is 13.3. The van der Waals surface area contributed by atoms with Crippen LogP contribution in [0.3, 0.4) is 0 Å². The molecule has 1 fully saturated rings. The summed E-state index contributed by atoms with van der Waals surface area (Å²) in [4.78, 5) is 27.3. The molecule has 4 aromatic carbocycles. The highest BCUT2D eigenvalue weighted by atomic mass is 16.7. The maximum absolute atomic E-state index is 13.3. The lowest BCUT2D eigenvalue weighted by Crippen LogP contribution is -2.43. The predicted octanol–water partition coefficient (Wildman–Crippen LogP) is 6.69. The van der Waals surface area contributed by atoms with Gasteiger partial charge in [0.1, 0.15) is 0 Å². The molecule has 4 atom stereocenters. The summed E-state index contributed by atoms with van der Waals surface area (Å²) in [5, 5.41) is 12.5. The number of Topliss-reactive ketones (excluding diaryl/α,β-unsaturated/α-hetero) is 1. The molecule has 5 rings (SSSR count). The summed E-state index contributed by atoms with van der Waals surface area (Å²) in [6.07, 6.45) is 0.509. The highest BCUT2D eigenvalue weighted by Gasteiger charge is 2.42. The largest absolute Gasteiger partial charge is 0.392 e. The Balaban J connectivity index is 1.48. The molecule has 0 radical (unpaired) electrons. The number of hydrogen-bond donors (Lipinski definition) is 2. The Kier molecular flexibility index (Phi) is 10.1. The second-order valence-electron chi connectivity index (χ2n) is 11.1. The van der Waals surface area contributed by atoms with Gasteiger partial charge >= 0.3 is 0 Å². The fraction of sp³-hybridized carbons (Fsp3) is 0.243. The number of nitrogens with zero attached hydrogens (tertiary/aromatic N) is 1. The molecule has 7 heteroatoms. The summed E-state index contributed by atoms with van der Waals surface area (Å²) >= 11 is 0. The third-order valence-corrected chi connectivity index (χ3v) is 7.85. The second kappa shape index (κ2) is 14.4. The van der Waals surface area contributed by atoms with Crippen LogP contribution < -0.4 is 5.32 Å². The third-order valence-electron chi connectivity index (χ3n) is 7.85. The lowest BCUT2D eigenvalue weighted by Gasteiger charge is -2.44. The van der Waals surface area contributed by atoms with E-state index in [0.29, 0.717) is 29.9 Å². The van der Waals surface area contributed by atoms with Crippen LogP contribution in [0.2, 0.25) is 0 Å². The molecule has 0 saturated carbocycles. The molecule has 0 spiro atoms. The number of amides is 1. The van der Waals surface area contributed by atoms with E-state index in [1.54, 1.807) is 36.4 Å². The molecular formula is C37H38N2O5. The molecule has 1 saturated heterocycles. The SMILES string of the molecule is C=CCN(C)CC1OC(c2cccc(C(=O)Nc3cccc(C(C)=O)c3)c2)OC(c2ccc(CO)cc2)C1c1ccccc1. The van der Waals surface area contributed by atoms with E-state index in [1.165, 1.54) is 6.92 Å². The molecule has 1 aliphatic heterocycles. The molecule has 44 heavy (non-hydrogen) atoms. The molecule has 7 nitrogen and oxygen atoms in total. The van der Waals surface area contributed by atoms with Crippen LogP contribution in [-0.2, 0) is 16.1 Å². The smallest absolute Gasteiger partial charge is 0.255 e. The Morgan fingerprint density at radius 1 is 0.864 bits per heavy atom. The summed E-state index contributed by atoms with van der Waals surface area (Å²) in [5.41, 5.74) is 5.12. The monoisotopic (exact) mass is 590 g/mol. The van der Waals surface area contributed by atoms with Gasteiger partial charge in [-0.15, -0.1) is 6.58 Å². The average Bonchev–Trinajstić information content (AvgIpc) is 3.05. The Bertz CT molecular complexity index is 1590. The maximum Gasteiger partial charge on any atom is 0.255 e. The number of aliphatic hydroxyl groups excluding tert-OH is 1. The number of hydrogen-bond acceptors (Lipinski definition) is 6. The van der Waals surface area contributed by atoms with Gasteiger partial charge < -0.3 is 24.8 Å². The van der Waals surface area contributed by atoms with Crippen LogP contribution >= 0.6 is 0 Å². The number of likely N-dealkylation sites (N-methyl/N-ethyl adjacent to an activating group) is 1. The topological polar surface area (TPSA) is 88.1 Å². The fourth-order valence-electron chi connectivity index (χ4n) is 5.61.